The van der Waals surface area contributed by atoms with Gasteiger partial charge in [-0.2, -0.15) is 11.3 Å². The van der Waals surface area contributed by atoms with Crippen LogP contribution in [-0.2, 0) is 4.79 Å². The van der Waals surface area contributed by atoms with Crippen molar-refractivity contribution in [2.24, 2.45) is 5.73 Å². The van der Waals surface area contributed by atoms with E-state index in [2.05, 4.69) is 0 Å². The van der Waals surface area contributed by atoms with Crippen LogP contribution in [-0.4, -0.2) is 54.3 Å². The standard InChI is InChI=1S/C17H27N3O2S/c18-8-4-2-1-3-6-16(21)19-9-5-10-20(12-11-19)17(22)15-7-13-23-14-15/h7,13-14H,1-6,8-12,18H2. The summed E-state index contributed by atoms with van der Waals surface area (Å²) in [6.07, 6.45) is 5.62. The summed E-state index contributed by atoms with van der Waals surface area (Å²) in [6, 6.07) is 1.86. The van der Waals surface area contributed by atoms with Crippen molar-refractivity contribution in [3.8, 4) is 0 Å². The fourth-order valence-corrected chi connectivity index (χ4v) is 3.50. The van der Waals surface area contributed by atoms with Gasteiger partial charge in [0.1, 0.15) is 0 Å². The van der Waals surface area contributed by atoms with Crippen molar-refractivity contribution >= 4 is 23.2 Å². The molecular formula is C17H27N3O2S. The molecule has 0 spiro atoms. The van der Waals surface area contributed by atoms with Crippen molar-refractivity contribution in [3.63, 3.8) is 0 Å². The van der Waals surface area contributed by atoms with Gasteiger partial charge in [0, 0.05) is 38.0 Å². The van der Waals surface area contributed by atoms with E-state index in [-0.39, 0.29) is 11.8 Å². The number of carbonyl (C=O) groups excluding carboxylic acids is 2. The van der Waals surface area contributed by atoms with Gasteiger partial charge in [0.25, 0.3) is 5.91 Å². The summed E-state index contributed by atoms with van der Waals surface area (Å²) in [7, 11) is 0. The first-order valence-electron chi connectivity index (χ1n) is 8.51. The van der Waals surface area contributed by atoms with E-state index >= 15 is 0 Å². The lowest BCUT2D eigenvalue weighted by Crippen LogP contribution is -2.37. The van der Waals surface area contributed by atoms with Gasteiger partial charge in [-0.3, -0.25) is 9.59 Å². The number of unbranched alkanes of at least 4 members (excludes halogenated alkanes) is 3. The zero-order chi connectivity index (χ0) is 16.5. The Labute approximate surface area is 142 Å². The lowest BCUT2D eigenvalue weighted by molar-refractivity contribution is -0.131. The molecule has 6 heteroatoms. The summed E-state index contributed by atoms with van der Waals surface area (Å²) < 4.78 is 0. The van der Waals surface area contributed by atoms with Gasteiger partial charge in [0.05, 0.1) is 5.56 Å². The molecule has 2 N–H and O–H groups in total. The van der Waals surface area contributed by atoms with Crippen LogP contribution in [0, 0.1) is 0 Å². The van der Waals surface area contributed by atoms with Crippen LogP contribution in [0.25, 0.3) is 0 Å². The van der Waals surface area contributed by atoms with Gasteiger partial charge >= 0.3 is 0 Å². The van der Waals surface area contributed by atoms with Crippen LogP contribution >= 0.6 is 11.3 Å². The molecule has 23 heavy (non-hydrogen) atoms. The second-order valence-corrected chi connectivity index (χ2v) is 6.77. The summed E-state index contributed by atoms with van der Waals surface area (Å²) in [6.45, 7) is 3.50. The Kier molecular flexibility index (Phi) is 7.55. The van der Waals surface area contributed by atoms with Gasteiger partial charge in [-0.25, -0.2) is 0 Å². The quantitative estimate of drug-likeness (QED) is 0.777. The monoisotopic (exact) mass is 337 g/mol. The van der Waals surface area contributed by atoms with Crippen molar-refractivity contribution in [1.82, 2.24) is 9.80 Å². The molecular weight excluding hydrogens is 310 g/mol. The smallest absolute Gasteiger partial charge is 0.254 e. The summed E-state index contributed by atoms with van der Waals surface area (Å²) in [5.74, 6) is 0.310. The molecule has 0 saturated carbocycles. The number of hydrogen-bond acceptors (Lipinski definition) is 4. The molecule has 128 valence electrons. The molecule has 1 aliphatic rings. The molecule has 2 amide bonds. The Morgan fingerprint density at radius 1 is 1.04 bits per heavy atom. The van der Waals surface area contributed by atoms with Crippen LogP contribution in [0.2, 0.25) is 0 Å². The third kappa shape index (κ3) is 5.62. The van der Waals surface area contributed by atoms with E-state index in [4.69, 9.17) is 5.73 Å². The van der Waals surface area contributed by atoms with Crippen molar-refractivity contribution in [3.05, 3.63) is 22.4 Å². The van der Waals surface area contributed by atoms with E-state index in [0.717, 1.165) is 57.3 Å². The lowest BCUT2D eigenvalue weighted by atomic mass is 10.1. The van der Waals surface area contributed by atoms with Crippen LogP contribution in [0.4, 0.5) is 0 Å². The average Bonchev–Trinajstić information content (AvgIpc) is 2.98. The minimum absolute atomic E-state index is 0.0855. The van der Waals surface area contributed by atoms with E-state index in [9.17, 15) is 9.59 Å². The topological polar surface area (TPSA) is 66.6 Å². The van der Waals surface area contributed by atoms with Gasteiger partial charge in [-0.15, -0.1) is 0 Å². The third-order valence-electron chi connectivity index (χ3n) is 4.25. The van der Waals surface area contributed by atoms with Crippen molar-refractivity contribution < 1.29 is 9.59 Å². The number of hydrogen-bond donors (Lipinski definition) is 1. The van der Waals surface area contributed by atoms with Gasteiger partial charge in [0.2, 0.25) is 5.91 Å². The molecule has 5 nitrogen and oxygen atoms in total. The summed E-state index contributed by atoms with van der Waals surface area (Å²) in [5.41, 5.74) is 6.23. The molecule has 0 radical (unpaired) electrons. The highest BCUT2D eigenvalue weighted by atomic mass is 32.1. The minimum atomic E-state index is 0.0855. The second-order valence-electron chi connectivity index (χ2n) is 5.99. The van der Waals surface area contributed by atoms with Gasteiger partial charge in [-0.1, -0.05) is 12.8 Å². The van der Waals surface area contributed by atoms with Gasteiger partial charge < -0.3 is 15.5 Å². The number of amides is 2. The number of nitrogens with two attached hydrogens (primary N) is 1. The Morgan fingerprint density at radius 3 is 2.52 bits per heavy atom. The minimum Gasteiger partial charge on any atom is -0.341 e. The Balaban J connectivity index is 1.74. The second kappa shape index (κ2) is 9.67. The highest BCUT2D eigenvalue weighted by Gasteiger charge is 2.22. The maximum Gasteiger partial charge on any atom is 0.254 e. The lowest BCUT2D eigenvalue weighted by Gasteiger charge is -2.22. The normalized spacial score (nSPS) is 15.5. The Morgan fingerprint density at radius 2 is 1.78 bits per heavy atom. The van der Waals surface area contributed by atoms with E-state index in [1.54, 1.807) is 0 Å². The maximum absolute atomic E-state index is 12.4. The van der Waals surface area contributed by atoms with Crippen molar-refractivity contribution in [1.29, 1.82) is 0 Å². The predicted octanol–water partition coefficient (Wildman–Crippen LogP) is 2.33. The van der Waals surface area contributed by atoms with E-state index in [0.29, 0.717) is 19.5 Å². The molecule has 0 aliphatic carbocycles. The molecule has 2 heterocycles. The van der Waals surface area contributed by atoms with Crippen LogP contribution in [0.3, 0.4) is 0 Å². The summed E-state index contributed by atoms with van der Waals surface area (Å²) in [4.78, 5) is 28.5. The molecule has 1 fully saturated rings. The Bertz CT molecular complexity index is 490. The molecule has 0 aromatic carbocycles. The fraction of sp³-hybridized carbons (Fsp3) is 0.647. The number of rotatable bonds is 7. The van der Waals surface area contributed by atoms with Crippen LogP contribution in [0.5, 0.6) is 0 Å². The van der Waals surface area contributed by atoms with Crippen molar-refractivity contribution in [2.45, 2.75) is 38.5 Å². The molecule has 1 aromatic heterocycles. The maximum atomic E-state index is 12.4. The first-order valence-corrected chi connectivity index (χ1v) is 9.46. The molecule has 1 saturated heterocycles. The van der Waals surface area contributed by atoms with Gasteiger partial charge in [-0.05, 0) is 37.3 Å². The van der Waals surface area contributed by atoms with Crippen molar-refractivity contribution in [2.75, 3.05) is 32.7 Å². The third-order valence-corrected chi connectivity index (χ3v) is 4.93. The number of nitrogens with zero attached hydrogens (tertiary/aromatic N) is 2. The molecule has 2 rings (SSSR count). The fourth-order valence-electron chi connectivity index (χ4n) is 2.87. The zero-order valence-corrected chi connectivity index (χ0v) is 14.5. The van der Waals surface area contributed by atoms with Gasteiger partial charge in [0.15, 0.2) is 0 Å². The van der Waals surface area contributed by atoms with Crippen LogP contribution < -0.4 is 5.73 Å². The Hall–Kier alpha value is -1.40. The molecule has 0 bridgehead atoms. The first kappa shape index (κ1) is 17.9. The van der Waals surface area contributed by atoms with E-state index < -0.39 is 0 Å². The highest BCUT2D eigenvalue weighted by Crippen LogP contribution is 2.13. The van der Waals surface area contributed by atoms with Crippen LogP contribution in [0.1, 0.15) is 48.9 Å². The van der Waals surface area contributed by atoms with E-state index in [1.165, 1.54) is 11.3 Å². The van der Waals surface area contributed by atoms with Crippen LogP contribution in [0.15, 0.2) is 16.8 Å². The summed E-state index contributed by atoms with van der Waals surface area (Å²) in [5, 5.41) is 3.81. The summed E-state index contributed by atoms with van der Waals surface area (Å²) >= 11 is 1.54. The highest BCUT2D eigenvalue weighted by molar-refractivity contribution is 7.08. The number of carbonyl (C=O) groups is 2. The van der Waals surface area contributed by atoms with E-state index in [1.807, 2.05) is 26.6 Å². The first-order chi connectivity index (χ1) is 11.2. The average molecular weight is 337 g/mol. The molecule has 1 aliphatic heterocycles. The largest absolute Gasteiger partial charge is 0.341 e. The predicted molar refractivity (Wildman–Crippen MR) is 93.6 cm³/mol. The zero-order valence-electron chi connectivity index (χ0n) is 13.7. The number of thiophene rings is 1. The molecule has 0 unspecified atom stereocenters. The molecule has 0 atom stereocenters. The molecule has 1 aromatic rings. The SMILES string of the molecule is NCCCCCCC(=O)N1CCCN(C(=O)c2ccsc2)CC1.